The number of ketones is 1. The predicted octanol–water partition coefficient (Wildman–Crippen LogP) is 5.54. The Morgan fingerprint density at radius 2 is 1.79 bits per heavy atom. The second kappa shape index (κ2) is 8.51. The zero-order valence-electron chi connectivity index (χ0n) is 18.7. The molecule has 8 heteroatoms. The molecule has 34 heavy (non-hydrogen) atoms. The number of fused-ring (bicyclic) bond motifs is 1. The molecule has 174 valence electrons. The van der Waals surface area contributed by atoms with Crippen LogP contribution in [-0.2, 0) is 10.5 Å². The van der Waals surface area contributed by atoms with E-state index in [1.807, 2.05) is 13.8 Å². The van der Waals surface area contributed by atoms with Crippen molar-refractivity contribution in [2.45, 2.75) is 43.5 Å². The van der Waals surface area contributed by atoms with Gasteiger partial charge in [-0.15, -0.1) is 0 Å². The van der Waals surface area contributed by atoms with Gasteiger partial charge in [-0.1, -0.05) is 55.9 Å². The van der Waals surface area contributed by atoms with Gasteiger partial charge in [-0.2, -0.15) is 0 Å². The van der Waals surface area contributed by atoms with Crippen molar-refractivity contribution in [3.63, 3.8) is 0 Å². The molecule has 2 aliphatic rings. The van der Waals surface area contributed by atoms with E-state index < -0.39 is 11.7 Å². The molecular weight excluding hydrogens is 456 g/mol. The van der Waals surface area contributed by atoms with Crippen LogP contribution < -0.4 is 10.9 Å². The lowest BCUT2D eigenvalue weighted by atomic mass is 9.69. The van der Waals surface area contributed by atoms with Gasteiger partial charge in [0.15, 0.2) is 10.9 Å². The molecule has 0 bridgehead atoms. The largest absolute Gasteiger partial charge is 0.343 e. The van der Waals surface area contributed by atoms with E-state index in [1.54, 1.807) is 30.3 Å². The number of allylic oxidation sites excluding steroid dienone is 2. The molecular formula is C26H23F2N3O2S. The van der Waals surface area contributed by atoms with E-state index >= 15 is 0 Å². The third-order valence-electron chi connectivity index (χ3n) is 6.23. The summed E-state index contributed by atoms with van der Waals surface area (Å²) in [6.07, 6.45) is 0.986. The Hall–Kier alpha value is -3.26. The number of hydrogen-bond donors (Lipinski definition) is 2. The van der Waals surface area contributed by atoms with E-state index in [1.165, 1.54) is 30.0 Å². The lowest BCUT2D eigenvalue weighted by Crippen LogP contribution is -2.37. The number of Topliss-reactive ketones (excluding diaryl/α,β-unsaturated/α-hetero) is 1. The van der Waals surface area contributed by atoms with Crippen LogP contribution in [-0.4, -0.2) is 15.8 Å². The summed E-state index contributed by atoms with van der Waals surface area (Å²) in [7, 11) is 0. The van der Waals surface area contributed by atoms with Crippen LogP contribution in [0.5, 0.6) is 0 Å². The minimum atomic E-state index is -0.641. The molecule has 0 saturated heterocycles. The van der Waals surface area contributed by atoms with Gasteiger partial charge in [0.2, 0.25) is 0 Å². The highest BCUT2D eigenvalue weighted by molar-refractivity contribution is 7.98. The van der Waals surface area contributed by atoms with Gasteiger partial charge < -0.3 is 10.3 Å². The van der Waals surface area contributed by atoms with Crippen LogP contribution in [0.1, 0.15) is 49.3 Å². The van der Waals surface area contributed by atoms with Crippen LogP contribution in [0.2, 0.25) is 0 Å². The number of carbonyl (C=O) groups excluding carboxylic acids is 1. The average Bonchev–Trinajstić information content (AvgIpc) is 2.77. The normalized spacial score (nSPS) is 18.8. The van der Waals surface area contributed by atoms with Gasteiger partial charge in [0.1, 0.15) is 17.5 Å². The van der Waals surface area contributed by atoms with Crippen LogP contribution >= 0.6 is 11.8 Å². The van der Waals surface area contributed by atoms with Gasteiger partial charge in [0.05, 0.1) is 5.56 Å². The summed E-state index contributed by atoms with van der Waals surface area (Å²) < 4.78 is 27.7. The highest BCUT2D eigenvalue weighted by Crippen LogP contribution is 2.47. The van der Waals surface area contributed by atoms with E-state index in [0.717, 1.165) is 5.70 Å². The maximum Gasteiger partial charge on any atom is 0.257 e. The van der Waals surface area contributed by atoms with Gasteiger partial charge >= 0.3 is 0 Å². The van der Waals surface area contributed by atoms with Crippen LogP contribution in [0.25, 0.3) is 0 Å². The fraction of sp³-hybridized carbons (Fsp3) is 0.269. The van der Waals surface area contributed by atoms with Crippen LogP contribution in [0.3, 0.4) is 0 Å². The summed E-state index contributed by atoms with van der Waals surface area (Å²) in [6.45, 7) is 4.05. The first kappa shape index (κ1) is 22.5. The van der Waals surface area contributed by atoms with Crippen molar-refractivity contribution in [3.8, 4) is 0 Å². The van der Waals surface area contributed by atoms with Crippen molar-refractivity contribution in [1.29, 1.82) is 0 Å². The number of nitrogens with one attached hydrogen (secondary N) is 2. The fourth-order valence-corrected chi connectivity index (χ4v) is 5.56. The third kappa shape index (κ3) is 4.18. The Bertz CT molecular complexity index is 1380. The molecule has 2 N–H and O–H groups in total. The van der Waals surface area contributed by atoms with Crippen LogP contribution in [0.4, 0.5) is 14.6 Å². The maximum atomic E-state index is 14.0. The lowest BCUT2D eigenvalue weighted by molar-refractivity contribution is -0.118. The Balaban J connectivity index is 1.59. The van der Waals surface area contributed by atoms with E-state index in [9.17, 15) is 18.4 Å². The minimum Gasteiger partial charge on any atom is -0.343 e. The third-order valence-corrected chi connectivity index (χ3v) is 7.15. The molecule has 0 radical (unpaired) electrons. The molecule has 1 atom stereocenters. The van der Waals surface area contributed by atoms with Crippen molar-refractivity contribution in [3.05, 3.63) is 98.5 Å². The summed E-state index contributed by atoms with van der Waals surface area (Å²) in [5.41, 5.74) is 2.15. The highest BCUT2D eigenvalue weighted by Gasteiger charge is 2.42. The Kier molecular flexibility index (Phi) is 5.64. The molecule has 3 aromatic rings. The first-order valence-corrected chi connectivity index (χ1v) is 12.0. The highest BCUT2D eigenvalue weighted by atomic mass is 32.2. The molecule has 2 heterocycles. The van der Waals surface area contributed by atoms with Gasteiger partial charge in [-0.05, 0) is 41.2 Å². The van der Waals surface area contributed by atoms with Gasteiger partial charge in [0, 0.05) is 29.4 Å². The zero-order chi connectivity index (χ0) is 24.0. The summed E-state index contributed by atoms with van der Waals surface area (Å²) in [6, 6.07) is 12.3. The molecule has 2 aromatic carbocycles. The number of aromatic nitrogens is 2. The first-order valence-electron chi connectivity index (χ1n) is 11.0. The molecule has 5 rings (SSSR count). The van der Waals surface area contributed by atoms with E-state index in [2.05, 4.69) is 15.3 Å². The molecule has 1 unspecified atom stereocenters. The van der Waals surface area contributed by atoms with E-state index in [4.69, 9.17) is 0 Å². The Morgan fingerprint density at radius 3 is 2.53 bits per heavy atom. The summed E-state index contributed by atoms with van der Waals surface area (Å²) in [5.74, 6) is -0.709. The molecule has 1 aliphatic carbocycles. The van der Waals surface area contributed by atoms with Crippen molar-refractivity contribution in [2.24, 2.45) is 5.41 Å². The Labute approximate surface area is 199 Å². The summed E-state index contributed by atoms with van der Waals surface area (Å²) >= 11 is 1.22. The number of hydrogen-bond acceptors (Lipinski definition) is 5. The monoisotopic (exact) mass is 479 g/mol. The second-order valence-corrected chi connectivity index (χ2v) is 10.4. The van der Waals surface area contributed by atoms with Crippen molar-refractivity contribution >= 4 is 23.4 Å². The average molecular weight is 480 g/mol. The number of nitrogens with zero attached hydrogens (tertiary/aromatic N) is 1. The van der Waals surface area contributed by atoms with Gasteiger partial charge in [0.25, 0.3) is 5.56 Å². The van der Waals surface area contributed by atoms with E-state index in [-0.39, 0.29) is 22.6 Å². The summed E-state index contributed by atoms with van der Waals surface area (Å²) in [5, 5.41) is 3.60. The molecule has 1 aromatic heterocycles. The molecule has 0 fully saturated rings. The topological polar surface area (TPSA) is 74.8 Å². The number of halogens is 2. The number of thioether (sulfide) groups is 1. The molecule has 0 amide bonds. The number of benzene rings is 2. The fourth-order valence-electron chi connectivity index (χ4n) is 4.71. The first-order chi connectivity index (χ1) is 16.2. The maximum absolute atomic E-state index is 14.0. The number of rotatable bonds is 4. The lowest BCUT2D eigenvalue weighted by Gasteiger charge is -2.38. The van der Waals surface area contributed by atoms with Gasteiger partial charge in [-0.25, -0.2) is 13.8 Å². The number of carbonyl (C=O) groups is 1. The minimum absolute atomic E-state index is 0.0314. The SMILES string of the molecule is CC1(C)CC(=O)C2=C(C1)Nc1nc(SCc3ccccc3F)[nH]c(=O)c1C2c1ccc(F)cc1. The number of aromatic amines is 1. The number of H-pyrrole nitrogens is 1. The zero-order valence-corrected chi connectivity index (χ0v) is 19.6. The molecule has 1 aliphatic heterocycles. The smallest absolute Gasteiger partial charge is 0.257 e. The van der Waals surface area contributed by atoms with Gasteiger partial charge in [-0.3, -0.25) is 9.59 Å². The second-order valence-electron chi connectivity index (χ2n) is 9.46. The molecule has 5 nitrogen and oxygen atoms in total. The standard InChI is InChI=1S/C26H23F2N3O2S/c1-26(2)11-18-21(19(32)12-26)20(14-7-9-16(27)10-8-14)22-23(29-18)30-25(31-24(22)33)34-13-15-5-3-4-6-17(15)28/h3-10,20H,11-13H2,1-2H3,(H2,29,30,31,33). The van der Waals surface area contributed by atoms with Crippen LogP contribution in [0.15, 0.2) is 69.8 Å². The number of anilines is 1. The quantitative estimate of drug-likeness (QED) is 0.380. The van der Waals surface area contributed by atoms with Crippen molar-refractivity contribution in [1.82, 2.24) is 9.97 Å². The Morgan fingerprint density at radius 1 is 1.06 bits per heavy atom. The summed E-state index contributed by atoms with van der Waals surface area (Å²) in [4.78, 5) is 33.9. The van der Waals surface area contributed by atoms with E-state index in [0.29, 0.717) is 51.8 Å². The van der Waals surface area contributed by atoms with Crippen molar-refractivity contribution in [2.75, 3.05) is 5.32 Å². The predicted molar refractivity (Wildman–Crippen MR) is 128 cm³/mol. The van der Waals surface area contributed by atoms with Crippen LogP contribution in [0, 0.1) is 17.0 Å². The molecule has 0 saturated carbocycles. The van der Waals surface area contributed by atoms with Crippen molar-refractivity contribution < 1.29 is 13.6 Å². The molecule has 0 spiro atoms.